The van der Waals surface area contributed by atoms with Gasteiger partial charge in [0.25, 0.3) is 0 Å². The van der Waals surface area contributed by atoms with Gasteiger partial charge in [0.1, 0.15) is 5.69 Å². The summed E-state index contributed by atoms with van der Waals surface area (Å²) in [6.45, 7) is 2.05. The van der Waals surface area contributed by atoms with Gasteiger partial charge in [0.15, 0.2) is 5.11 Å². The summed E-state index contributed by atoms with van der Waals surface area (Å²) in [5.74, 6) is -0.430. The summed E-state index contributed by atoms with van der Waals surface area (Å²) in [6, 6.07) is 7.51. The van der Waals surface area contributed by atoms with E-state index in [1.54, 1.807) is 6.92 Å². The highest BCUT2D eigenvalue weighted by Gasteiger charge is 2.17. The maximum Gasteiger partial charge on any atom is 0.355 e. The number of fused-ring (bicyclic) bond motifs is 1. The number of nitrogens with one attached hydrogen (secondary N) is 2. The first kappa shape index (κ1) is 14.0. The molecule has 0 bridgehead atoms. The number of hydrogen-bond donors (Lipinski definition) is 3. The molecule has 0 spiro atoms. The van der Waals surface area contributed by atoms with Gasteiger partial charge in [0, 0.05) is 16.5 Å². The van der Waals surface area contributed by atoms with E-state index in [0.717, 1.165) is 10.9 Å². The number of benzene rings is 1. The van der Waals surface area contributed by atoms with Gasteiger partial charge in [0.2, 0.25) is 0 Å². The number of rotatable bonds is 4. The van der Waals surface area contributed by atoms with E-state index in [2.05, 4.69) is 27.7 Å². The molecule has 0 saturated carbocycles. The summed E-state index contributed by atoms with van der Waals surface area (Å²) in [5.41, 5.74) is 9.56. The number of aromatic amines is 1. The van der Waals surface area contributed by atoms with Crippen molar-refractivity contribution >= 4 is 40.4 Å². The summed E-state index contributed by atoms with van der Waals surface area (Å²) in [7, 11) is 0. The van der Waals surface area contributed by atoms with E-state index in [0.29, 0.717) is 17.9 Å². The third kappa shape index (κ3) is 2.94. The molecule has 0 unspecified atom stereocenters. The maximum absolute atomic E-state index is 11.9. The van der Waals surface area contributed by atoms with Crippen LogP contribution in [0.15, 0.2) is 29.4 Å². The zero-order valence-corrected chi connectivity index (χ0v) is 11.7. The largest absolute Gasteiger partial charge is 0.461 e. The van der Waals surface area contributed by atoms with Crippen molar-refractivity contribution in [3.8, 4) is 0 Å². The number of aromatic nitrogens is 1. The monoisotopic (exact) mass is 290 g/mol. The van der Waals surface area contributed by atoms with E-state index in [9.17, 15) is 4.79 Å². The average Bonchev–Trinajstić information content (AvgIpc) is 2.78. The van der Waals surface area contributed by atoms with Gasteiger partial charge in [0.05, 0.1) is 12.8 Å². The van der Waals surface area contributed by atoms with Crippen LogP contribution in [0.3, 0.4) is 0 Å². The van der Waals surface area contributed by atoms with E-state index >= 15 is 0 Å². The van der Waals surface area contributed by atoms with E-state index in [1.807, 2.05) is 24.3 Å². The predicted octanol–water partition coefficient (Wildman–Crippen LogP) is 1.51. The second-order valence-corrected chi connectivity index (χ2v) is 4.35. The normalized spacial score (nSPS) is 10.8. The van der Waals surface area contributed by atoms with Gasteiger partial charge in [-0.15, -0.1) is 0 Å². The Labute approximate surface area is 121 Å². The Balaban J connectivity index is 2.47. The van der Waals surface area contributed by atoms with Crippen molar-refractivity contribution < 1.29 is 9.53 Å². The van der Waals surface area contributed by atoms with Crippen LogP contribution >= 0.6 is 12.2 Å². The quantitative estimate of drug-likeness (QED) is 0.343. The molecule has 6 nitrogen and oxygen atoms in total. The molecule has 104 valence electrons. The molecule has 0 fully saturated rings. The summed E-state index contributed by atoms with van der Waals surface area (Å²) in [5, 5.41) is 4.82. The van der Waals surface area contributed by atoms with Crippen LogP contribution in [-0.4, -0.2) is 28.9 Å². The zero-order valence-electron chi connectivity index (χ0n) is 10.8. The number of hydrogen-bond acceptors (Lipinski definition) is 4. The van der Waals surface area contributed by atoms with Gasteiger partial charge in [-0.3, -0.25) is 5.43 Å². The molecule has 0 aliphatic carbocycles. The van der Waals surface area contributed by atoms with Crippen molar-refractivity contribution in [1.29, 1.82) is 0 Å². The number of H-pyrrole nitrogens is 1. The van der Waals surface area contributed by atoms with Gasteiger partial charge in [-0.1, -0.05) is 18.2 Å². The number of ether oxygens (including phenoxy) is 1. The van der Waals surface area contributed by atoms with E-state index in [4.69, 9.17) is 10.5 Å². The fraction of sp³-hybridized carbons (Fsp3) is 0.154. The number of para-hydroxylation sites is 1. The maximum atomic E-state index is 11.9. The highest BCUT2D eigenvalue weighted by molar-refractivity contribution is 7.80. The molecule has 1 aromatic heterocycles. The summed E-state index contributed by atoms with van der Waals surface area (Å²) in [4.78, 5) is 15.0. The molecule has 4 N–H and O–H groups in total. The van der Waals surface area contributed by atoms with Crippen LogP contribution in [0.2, 0.25) is 0 Å². The number of nitrogens with zero attached hydrogens (tertiary/aromatic N) is 1. The fourth-order valence-corrected chi connectivity index (χ4v) is 1.88. The molecule has 2 aromatic rings. The van der Waals surface area contributed by atoms with Gasteiger partial charge in [-0.2, -0.15) is 5.10 Å². The van der Waals surface area contributed by atoms with Crippen LogP contribution < -0.4 is 11.2 Å². The third-order valence-corrected chi connectivity index (χ3v) is 2.69. The number of carbonyl (C=O) groups excluding carboxylic acids is 1. The molecule has 7 heteroatoms. The molecule has 1 heterocycles. The van der Waals surface area contributed by atoms with Gasteiger partial charge < -0.3 is 15.5 Å². The molecular weight excluding hydrogens is 276 g/mol. The van der Waals surface area contributed by atoms with E-state index < -0.39 is 5.97 Å². The molecule has 1 aromatic carbocycles. The van der Waals surface area contributed by atoms with Gasteiger partial charge >= 0.3 is 5.97 Å². The second-order valence-electron chi connectivity index (χ2n) is 3.91. The number of hydrazone groups is 1. The van der Waals surface area contributed by atoms with Crippen molar-refractivity contribution in [2.75, 3.05) is 6.61 Å². The minimum Gasteiger partial charge on any atom is -0.461 e. The molecular formula is C13H14N4O2S. The van der Waals surface area contributed by atoms with Crippen LogP contribution in [0.4, 0.5) is 0 Å². The first-order chi connectivity index (χ1) is 9.63. The molecule has 20 heavy (non-hydrogen) atoms. The topological polar surface area (TPSA) is 92.5 Å². The number of carbonyl (C=O) groups is 1. The van der Waals surface area contributed by atoms with Gasteiger partial charge in [-0.25, -0.2) is 4.79 Å². The highest BCUT2D eigenvalue weighted by Crippen LogP contribution is 2.21. The lowest BCUT2D eigenvalue weighted by Crippen LogP contribution is -2.24. The Morgan fingerprint density at radius 2 is 2.30 bits per heavy atom. The predicted molar refractivity (Wildman–Crippen MR) is 81.8 cm³/mol. The Morgan fingerprint density at radius 3 is 3.00 bits per heavy atom. The van der Waals surface area contributed by atoms with Crippen LogP contribution in [0.5, 0.6) is 0 Å². The molecule has 0 radical (unpaired) electrons. The minimum atomic E-state index is -0.430. The smallest absolute Gasteiger partial charge is 0.355 e. The Morgan fingerprint density at radius 1 is 1.55 bits per heavy atom. The van der Waals surface area contributed by atoms with Crippen molar-refractivity contribution in [2.24, 2.45) is 10.8 Å². The van der Waals surface area contributed by atoms with E-state index in [-0.39, 0.29) is 5.11 Å². The van der Waals surface area contributed by atoms with Crippen LogP contribution in [-0.2, 0) is 4.74 Å². The number of nitrogens with two attached hydrogens (primary N) is 1. The third-order valence-electron chi connectivity index (χ3n) is 2.59. The number of thiocarbonyl (C=S) groups is 1. The fourth-order valence-electron chi connectivity index (χ4n) is 1.82. The second kappa shape index (κ2) is 6.16. The molecule has 0 aliphatic rings. The van der Waals surface area contributed by atoms with Crippen molar-refractivity contribution in [2.45, 2.75) is 6.92 Å². The summed E-state index contributed by atoms with van der Waals surface area (Å²) >= 11 is 4.67. The first-order valence-electron chi connectivity index (χ1n) is 5.99. The van der Waals surface area contributed by atoms with Crippen LogP contribution in [0, 0.1) is 0 Å². The van der Waals surface area contributed by atoms with Crippen molar-refractivity contribution in [3.63, 3.8) is 0 Å². The Hall–Kier alpha value is -2.41. The summed E-state index contributed by atoms with van der Waals surface area (Å²) in [6.07, 6.45) is 1.49. The molecule has 2 rings (SSSR count). The molecule has 0 amide bonds. The lowest BCUT2D eigenvalue weighted by atomic mass is 10.1. The Kier molecular flexibility index (Phi) is 4.31. The van der Waals surface area contributed by atoms with Gasteiger partial charge in [-0.05, 0) is 25.2 Å². The van der Waals surface area contributed by atoms with Crippen LogP contribution in [0.1, 0.15) is 23.0 Å². The van der Waals surface area contributed by atoms with Crippen LogP contribution in [0.25, 0.3) is 10.9 Å². The molecule has 0 saturated heterocycles. The standard InChI is InChI=1S/C13H14N4O2S/c1-2-19-12(18)11-9(7-15-17-13(14)20)8-5-3-4-6-10(8)16-11/h3-7,16H,2H2,1H3,(H3,14,17,20)/b15-7-. The first-order valence-corrected chi connectivity index (χ1v) is 6.40. The lowest BCUT2D eigenvalue weighted by molar-refractivity contribution is 0.0520. The lowest BCUT2D eigenvalue weighted by Gasteiger charge is -2.00. The molecule has 0 aliphatic heterocycles. The highest BCUT2D eigenvalue weighted by atomic mass is 32.1. The Bertz CT molecular complexity index is 678. The zero-order chi connectivity index (χ0) is 14.5. The SMILES string of the molecule is CCOC(=O)c1[nH]c2ccccc2c1/C=N\NC(N)=S. The minimum absolute atomic E-state index is 0.0544. The molecule has 0 atom stereocenters. The average molecular weight is 290 g/mol. The van der Waals surface area contributed by atoms with Crippen molar-refractivity contribution in [1.82, 2.24) is 10.4 Å². The number of esters is 1. The van der Waals surface area contributed by atoms with E-state index in [1.165, 1.54) is 6.21 Å². The van der Waals surface area contributed by atoms with Crippen molar-refractivity contribution in [3.05, 3.63) is 35.5 Å². The summed E-state index contributed by atoms with van der Waals surface area (Å²) < 4.78 is 5.02.